The zero-order valence-electron chi connectivity index (χ0n) is 68.0. The Kier molecular flexibility index (Phi) is 71.5. The summed E-state index contributed by atoms with van der Waals surface area (Å²) < 4.78 is 68.8. The highest BCUT2D eigenvalue weighted by molar-refractivity contribution is 7.47. The van der Waals surface area contributed by atoms with Gasteiger partial charge in [-0.25, -0.2) is 9.13 Å². The van der Waals surface area contributed by atoms with Crippen LogP contribution in [0.1, 0.15) is 434 Å². The van der Waals surface area contributed by atoms with Gasteiger partial charge in [0, 0.05) is 25.7 Å². The van der Waals surface area contributed by atoms with Crippen molar-refractivity contribution in [1.29, 1.82) is 0 Å². The first-order valence-electron chi connectivity index (χ1n) is 43.2. The molecule has 0 aliphatic heterocycles. The molecule has 3 N–H and O–H groups in total. The molecular formula is C84H164O17P2. The van der Waals surface area contributed by atoms with E-state index in [4.69, 9.17) is 37.0 Å². The topological polar surface area (TPSA) is 237 Å². The van der Waals surface area contributed by atoms with Crippen molar-refractivity contribution in [2.45, 2.75) is 453 Å². The van der Waals surface area contributed by atoms with Gasteiger partial charge in [-0.05, 0) is 49.4 Å². The summed E-state index contributed by atoms with van der Waals surface area (Å²) in [5, 5.41) is 10.7. The second-order valence-electron chi connectivity index (χ2n) is 31.9. The molecule has 103 heavy (non-hydrogen) atoms. The lowest BCUT2D eigenvalue weighted by Gasteiger charge is -2.21. The van der Waals surface area contributed by atoms with E-state index in [1.807, 2.05) is 0 Å². The molecule has 0 aliphatic carbocycles. The van der Waals surface area contributed by atoms with Crippen molar-refractivity contribution in [2.75, 3.05) is 39.6 Å². The molecule has 0 radical (unpaired) electrons. The van der Waals surface area contributed by atoms with Crippen molar-refractivity contribution in [1.82, 2.24) is 0 Å². The fourth-order valence-electron chi connectivity index (χ4n) is 12.9. The van der Waals surface area contributed by atoms with E-state index < -0.39 is 97.5 Å². The lowest BCUT2D eigenvalue weighted by atomic mass is 10.00. The van der Waals surface area contributed by atoms with Gasteiger partial charge in [-0.1, -0.05) is 383 Å². The van der Waals surface area contributed by atoms with Crippen molar-refractivity contribution < 1.29 is 80.2 Å². The van der Waals surface area contributed by atoms with Gasteiger partial charge in [-0.3, -0.25) is 37.3 Å². The number of carbonyl (C=O) groups is 4. The Bertz CT molecular complexity index is 2010. The second-order valence-corrected chi connectivity index (χ2v) is 34.8. The van der Waals surface area contributed by atoms with E-state index in [9.17, 15) is 43.2 Å². The van der Waals surface area contributed by atoms with Crippen LogP contribution in [0.2, 0.25) is 0 Å². The number of ether oxygens (including phenoxy) is 4. The molecule has 0 amide bonds. The zero-order chi connectivity index (χ0) is 76.0. The number of esters is 4. The molecule has 0 rings (SSSR count). The lowest BCUT2D eigenvalue weighted by molar-refractivity contribution is -0.161. The molecule has 0 saturated heterocycles. The molecule has 3 unspecified atom stereocenters. The smallest absolute Gasteiger partial charge is 0.462 e. The predicted octanol–water partition coefficient (Wildman–Crippen LogP) is 25.2. The molecular weight excluding hydrogens is 1340 g/mol. The molecule has 6 atom stereocenters. The molecule has 612 valence electrons. The molecule has 19 heteroatoms. The lowest BCUT2D eigenvalue weighted by Crippen LogP contribution is -2.30. The molecule has 0 fully saturated rings. The van der Waals surface area contributed by atoms with E-state index in [0.717, 1.165) is 120 Å². The monoisotopic (exact) mass is 1510 g/mol. The fraction of sp³-hybridized carbons (Fsp3) is 0.952. The number of hydrogen-bond donors (Lipinski definition) is 3. The average Bonchev–Trinajstić information content (AvgIpc) is 0.912. The van der Waals surface area contributed by atoms with E-state index in [-0.39, 0.29) is 25.7 Å². The number of phosphoric acid groups is 2. The van der Waals surface area contributed by atoms with Gasteiger partial charge in [0.1, 0.15) is 19.3 Å². The van der Waals surface area contributed by atoms with Crippen molar-refractivity contribution in [3.8, 4) is 0 Å². The second kappa shape index (κ2) is 72.9. The van der Waals surface area contributed by atoms with Gasteiger partial charge < -0.3 is 33.8 Å². The molecule has 0 aromatic carbocycles. The maximum Gasteiger partial charge on any atom is 0.472 e. The SMILES string of the molecule is CCC(C)CCCCCCCCC(=O)OC[C@H](COP(=O)(O)OC[C@H](O)COP(=O)(O)OC[C@@H](COC(=O)CCCCCCCCCCCCCCCCCCCCC(C)C)OC(=O)CCCCCCCCCCCCCCC(C)C)OC(=O)CCCCCCCCCCCCCCCCC(C)C. The van der Waals surface area contributed by atoms with Crippen LogP contribution >= 0.6 is 15.6 Å². The van der Waals surface area contributed by atoms with Crippen LogP contribution in [0.25, 0.3) is 0 Å². The van der Waals surface area contributed by atoms with Crippen molar-refractivity contribution in [2.24, 2.45) is 23.7 Å². The number of unbranched alkanes of at least 4 members (excludes halogenated alkanes) is 46. The van der Waals surface area contributed by atoms with Gasteiger partial charge in [-0.2, -0.15) is 0 Å². The van der Waals surface area contributed by atoms with Gasteiger partial charge in [0.05, 0.1) is 26.4 Å². The van der Waals surface area contributed by atoms with Crippen LogP contribution in [0.5, 0.6) is 0 Å². The molecule has 0 heterocycles. The number of aliphatic hydroxyl groups excluding tert-OH is 1. The van der Waals surface area contributed by atoms with Crippen LogP contribution in [0.15, 0.2) is 0 Å². The largest absolute Gasteiger partial charge is 0.472 e. The number of phosphoric ester groups is 2. The van der Waals surface area contributed by atoms with Crippen molar-refractivity contribution in [3.63, 3.8) is 0 Å². The minimum Gasteiger partial charge on any atom is -0.462 e. The normalized spacial score (nSPS) is 14.2. The maximum atomic E-state index is 13.1. The number of aliphatic hydroxyl groups is 1. The quantitative estimate of drug-likeness (QED) is 0.0222. The van der Waals surface area contributed by atoms with Crippen LogP contribution in [-0.4, -0.2) is 96.7 Å². The van der Waals surface area contributed by atoms with Crippen LogP contribution in [0, 0.1) is 23.7 Å². The first kappa shape index (κ1) is 101. The minimum absolute atomic E-state index is 0.106. The van der Waals surface area contributed by atoms with E-state index in [2.05, 4.69) is 55.4 Å². The number of carbonyl (C=O) groups excluding carboxylic acids is 4. The van der Waals surface area contributed by atoms with Crippen LogP contribution in [0.3, 0.4) is 0 Å². The molecule has 0 spiro atoms. The zero-order valence-corrected chi connectivity index (χ0v) is 69.7. The summed E-state index contributed by atoms with van der Waals surface area (Å²) >= 11 is 0. The summed E-state index contributed by atoms with van der Waals surface area (Å²) in [6.07, 6.45) is 61.1. The third-order valence-electron chi connectivity index (χ3n) is 19.9. The van der Waals surface area contributed by atoms with Crippen molar-refractivity contribution in [3.05, 3.63) is 0 Å². The first-order chi connectivity index (χ1) is 49.6. The molecule has 0 bridgehead atoms. The molecule has 0 aromatic rings. The van der Waals surface area contributed by atoms with Crippen LogP contribution in [0.4, 0.5) is 0 Å². The summed E-state index contributed by atoms with van der Waals surface area (Å²) in [7, 11) is -9.93. The molecule has 0 saturated carbocycles. The average molecular weight is 1510 g/mol. The van der Waals surface area contributed by atoms with Gasteiger partial charge in [0.15, 0.2) is 12.2 Å². The Hall–Kier alpha value is -1.94. The van der Waals surface area contributed by atoms with E-state index in [1.54, 1.807) is 0 Å². The summed E-state index contributed by atoms with van der Waals surface area (Å²) in [6, 6.07) is 0. The summed E-state index contributed by atoms with van der Waals surface area (Å²) in [5.41, 5.74) is 0. The van der Waals surface area contributed by atoms with Crippen LogP contribution < -0.4 is 0 Å². The molecule has 0 aromatic heterocycles. The Balaban J connectivity index is 5.21. The Labute approximate surface area is 632 Å². The summed E-state index contributed by atoms with van der Waals surface area (Å²) in [5.74, 6) is 1.01. The molecule has 0 aliphatic rings. The highest BCUT2D eigenvalue weighted by Crippen LogP contribution is 2.45. The highest BCUT2D eigenvalue weighted by Gasteiger charge is 2.30. The summed E-state index contributed by atoms with van der Waals surface area (Å²) in [4.78, 5) is 73.1. The molecule has 17 nitrogen and oxygen atoms in total. The number of hydrogen-bond acceptors (Lipinski definition) is 15. The Morgan fingerprint density at radius 2 is 0.466 bits per heavy atom. The number of rotatable bonds is 81. The maximum absolute atomic E-state index is 13.1. The van der Waals surface area contributed by atoms with Crippen LogP contribution in [-0.2, 0) is 65.4 Å². The predicted molar refractivity (Wildman–Crippen MR) is 423 cm³/mol. The van der Waals surface area contributed by atoms with Gasteiger partial charge >= 0.3 is 39.5 Å². The minimum atomic E-state index is -4.96. The third-order valence-corrected chi connectivity index (χ3v) is 21.8. The van der Waals surface area contributed by atoms with E-state index in [1.165, 1.54) is 231 Å². The first-order valence-corrected chi connectivity index (χ1v) is 46.2. The fourth-order valence-corrected chi connectivity index (χ4v) is 14.5. The highest BCUT2D eigenvalue weighted by atomic mass is 31.2. The third kappa shape index (κ3) is 76.6. The van der Waals surface area contributed by atoms with Gasteiger partial charge in [0.25, 0.3) is 0 Å². The van der Waals surface area contributed by atoms with Gasteiger partial charge in [-0.15, -0.1) is 0 Å². The summed E-state index contributed by atoms with van der Waals surface area (Å²) in [6.45, 7) is 14.3. The Morgan fingerprint density at radius 3 is 0.689 bits per heavy atom. The standard InChI is InChI=1S/C84H164O17P2/c1-9-77(8)63-55-47-42-43-49-57-65-82(87)95-71-80(101-84(89)66-58-50-40-34-28-21-17-16-19-25-31-37-45-53-61-75(4)5)73-99-103(92,93)97-69-78(85)68-96-102(90,91)98-72-79(100-83(88)67-59-51-41-35-29-23-22-26-32-38-46-54-62-76(6)7)70-94-81(86)64-56-48-39-33-27-20-15-13-11-10-12-14-18-24-30-36-44-52-60-74(2)3/h74-80,85H,9-73H2,1-8H3,(H,90,91)(H,92,93)/t77?,78-,79-,80-/m1/s1. The van der Waals surface area contributed by atoms with Gasteiger partial charge in [0.2, 0.25) is 0 Å². The Morgan fingerprint density at radius 1 is 0.272 bits per heavy atom. The van der Waals surface area contributed by atoms with E-state index in [0.29, 0.717) is 25.7 Å². The van der Waals surface area contributed by atoms with Crippen molar-refractivity contribution >= 4 is 39.5 Å². The van der Waals surface area contributed by atoms with E-state index >= 15 is 0 Å².